The fourth-order valence-corrected chi connectivity index (χ4v) is 3.59. The van der Waals surface area contributed by atoms with Gasteiger partial charge >= 0.3 is 0 Å². The molecule has 0 spiro atoms. The molecule has 1 saturated carbocycles. The van der Waals surface area contributed by atoms with E-state index in [1.54, 1.807) is 0 Å². The van der Waals surface area contributed by atoms with E-state index in [1.165, 1.54) is 83.6 Å². The summed E-state index contributed by atoms with van der Waals surface area (Å²) in [5.74, 6) is 1.04. The summed E-state index contributed by atoms with van der Waals surface area (Å²) in [5, 5.41) is 9.24. The second-order valence-electron chi connectivity index (χ2n) is 6.25. The largest absolute Gasteiger partial charge is 0.395 e. The average molecular weight is 302 g/mol. The number of hydrogen-bond acceptors (Lipinski definition) is 3. The van der Waals surface area contributed by atoms with Gasteiger partial charge in [0.1, 0.15) is 0 Å². The molecule has 0 radical (unpaired) electrons. The maximum Gasteiger partial charge on any atom is 0.0558 e. The van der Waals surface area contributed by atoms with Gasteiger partial charge in [-0.25, -0.2) is 0 Å². The second kappa shape index (κ2) is 13.0. The SMILES string of the molecule is OCCN(CCCCCCCCCS)C1CCCCC1. The van der Waals surface area contributed by atoms with Crippen LogP contribution in [0.25, 0.3) is 0 Å². The number of rotatable bonds is 12. The molecule has 20 heavy (non-hydrogen) atoms. The van der Waals surface area contributed by atoms with Gasteiger partial charge in [-0.2, -0.15) is 12.6 Å². The summed E-state index contributed by atoms with van der Waals surface area (Å²) in [6, 6.07) is 0.756. The van der Waals surface area contributed by atoms with Crippen molar-refractivity contribution in [3.8, 4) is 0 Å². The minimum Gasteiger partial charge on any atom is -0.395 e. The summed E-state index contributed by atoms with van der Waals surface area (Å²) < 4.78 is 0. The third-order valence-corrected chi connectivity index (χ3v) is 4.90. The van der Waals surface area contributed by atoms with Crippen molar-refractivity contribution in [2.75, 3.05) is 25.4 Å². The summed E-state index contributed by atoms with van der Waals surface area (Å²) in [6.45, 7) is 2.40. The standard InChI is InChI=1S/C17H35NOS/c19-15-14-18(17-11-7-6-8-12-17)13-9-4-2-1-3-5-10-16-20/h17,19-20H,1-16H2. The number of unbranched alkanes of at least 4 members (excludes halogenated alkanes) is 6. The molecule has 0 aromatic carbocycles. The first-order chi connectivity index (χ1) is 9.88. The fourth-order valence-electron chi connectivity index (χ4n) is 3.36. The zero-order valence-electron chi connectivity index (χ0n) is 13.2. The number of hydrogen-bond donors (Lipinski definition) is 2. The zero-order valence-corrected chi connectivity index (χ0v) is 14.1. The van der Waals surface area contributed by atoms with Crippen molar-refractivity contribution in [3.05, 3.63) is 0 Å². The molecule has 0 amide bonds. The Kier molecular flexibility index (Phi) is 11.9. The Morgan fingerprint density at radius 1 is 0.800 bits per heavy atom. The Hall–Kier alpha value is 0.270. The highest BCUT2D eigenvalue weighted by Gasteiger charge is 2.19. The van der Waals surface area contributed by atoms with E-state index in [9.17, 15) is 5.11 Å². The molecule has 1 aliphatic rings. The van der Waals surface area contributed by atoms with Crippen LogP contribution in [0.2, 0.25) is 0 Å². The molecule has 0 unspecified atom stereocenters. The smallest absolute Gasteiger partial charge is 0.0558 e. The van der Waals surface area contributed by atoms with Crippen molar-refractivity contribution in [2.45, 2.75) is 83.1 Å². The summed E-state index contributed by atoms with van der Waals surface area (Å²) >= 11 is 4.25. The minimum atomic E-state index is 0.320. The Morgan fingerprint density at radius 3 is 2.00 bits per heavy atom. The minimum absolute atomic E-state index is 0.320. The molecule has 0 heterocycles. The first-order valence-corrected chi connectivity index (χ1v) is 9.47. The molecule has 1 aliphatic carbocycles. The van der Waals surface area contributed by atoms with E-state index >= 15 is 0 Å². The summed E-state index contributed by atoms with van der Waals surface area (Å²) in [7, 11) is 0. The first kappa shape index (κ1) is 18.3. The van der Waals surface area contributed by atoms with Gasteiger partial charge < -0.3 is 5.11 Å². The normalized spacial score (nSPS) is 16.9. The van der Waals surface area contributed by atoms with Crippen LogP contribution >= 0.6 is 12.6 Å². The first-order valence-electron chi connectivity index (χ1n) is 8.84. The van der Waals surface area contributed by atoms with Crippen molar-refractivity contribution < 1.29 is 5.11 Å². The maximum atomic E-state index is 9.24. The average Bonchev–Trinajstić information content (AvgIpc) is 2.50. The lowest BCUT2D eigenvalue weighted by Gasteiger charge is -2.34. The Labute approximate surface area is 131 Å². The van der Waals surface area contributed by atoms with Crippen molar-refractivity contribution in [2.24, 2.45) is 0 Å². The summed E-state index contributed by atoms with van der Waals surface area (Å²) in [5.41, 5.74) is 0. The number of aliphatic hydroxyl groups is 1. The number of nitrogens with zero attached hydrogens (tertiary/aromatic N) is 1. The molecule has 0 atom stereocenters. The molecule has 1 N–H and O–H groups in total. The summed E-state index contributed by atoms with van der Waals surface area (Å²) in [6.07, 6.45) is 16.3. The van der Waals surface area contributed by atoms with Gasteiger partial charge in [0.25, 0.3) is 0 Å². The van der Waals surface area contributed by atoms with Crippen LogP contribution in [0.5, 0.6) is 0 Å². The third-order valence-electron chi connectivity index (χ3n) is 4.58. The molecule has 120 valence electrons. The topological polar surface area (TPSA) is 23.5 Å². The van der Waals surface area contributed by atoms with Gasteiger partial charge in [0.2, 0.25) is 0 Å². The highest BCUT2D eigenvalue weighted by atomic mass is 32.1. The van der Waals surface area contributed by atoms with Crippen LogP contribution in [0, 0.1) is 0 Å². The van der Waals surface area contributed by atoms with Crippen LogP contribution in [0.1, 0.15) is 77.0 Å². The lowest BCUT2D eigenvalue weighted by Crippen LogP contribution is -2.39. The Morgan fingerprint density at radius 2 is 1.40 bits per heavy atom. The van der Waals surface area contributed by atoms with E-state index in [4.69, 9.17) is 0 Å². The van der Waals surface area contributed by atoms with Crippen LogP contribution in [0.4, 0.5) is 0 Å². The molecule has 0 aromatic heterocycles. The molecular formula is C17H35NOS. The highest BCUT2D eigenvalue weighted by molar-refractivity contribution is 7.80. The number of aliphatic hydroxyl groups excluding tert-OH is 1. The van der Waals surface area contributed by atoms with Crippen molar-refractivity contribution >= 4 is 12.6 Å². The van der Waals surface area contributed by atoms with Crippen LogP contribution < -0.4 is 0 Å². The second-order valence-corrected chi connectivity index (χ2v) is 6.70. The third kappa shape index (κ3) is 8.53. The molecule has 0 aromatic rings. The van der Waals surface area contributed by atoms with Gasteiger partial charge in [0.15, 0.2) is 0 Å². The Balaban J connectivity index is 2.03. The van der Waals surface area contributed by atoms with E-state index in [2.05, 4.69) is 17.5 Å². The van der Waals surface area contributed by atoms with Gasteiger partial charge in [0.05, 0.1) is 6.61 Å². The quantitative estimate of drug-likeness (QED) is 0.415. The van der Waals surface area contributed by atoms with E-state index in [-0.39, 0.29) is 0 Å². The molecule has 0 bridgehead atoms. The van der Waals surface area contributed by atoms with Gasteiger partial charge in [-0.1, -0.05) is 51.4 Å². The van der Waals surface area contributed by atoms with Gasteiger partial charge in [-0.3, -0.25) is 4.90 Å². The lowest BCUT2D eigenvalue weighted by molar-refractivity contribution is 0.122. The molecule has 0 aliphatic heterocycles. The lowest BCUT2D eigenvalue weighted by atomic mass is 9.94. The predicted octanol–water partition coefficient (Wildman–Crippen LogP) is 4.27. The molecule has 0 saturated heterocycles. The van der Waals surface area contributed by atoms with Crippen LogP contribution in [-0.2, 0) is 0 Å². The van der Waals surface area contributed by atoms with Gasteiger partial charge in [-0.15, -0.1) is 0 Å². The monoisotopic (exact) mass is 301 g/mol. The van der Waals surface area contributed by atoms with Gasteiger partial charge in [0, 0.05) is 12.6 Å². The van der Waals surface area contributed by atoms with E-state index < -0.39 is 0 Å². The van der Waals surface area contributed by atoms with E-state index in [1.807, 2.05) is 0 Å². The predicted molar refractivity (Wildman–Crippen MR) is 91.7 cm³/mol. The molecule has 2 nitrogen and oxygen atoms in total. The summed E-state index contributed by atoms with van der Waals surface area (Å²) in [4.78, 5) is 2.56. The Bertz CT molecular complexity index is 207. The van der Waals surface area contributed by atoms with Crippen molar-refractivity contribution in [1.82, 2.24) is 4.90 Å². The number of thiol groups is 1. The molecular weight excluding hydrogens is 266 g/mol. The van der Waals surface area contributed by atoms with Crippen LogP contribution in [0.15, 0.2) is 0 Å². The van der Waals surface area contributed by atoms with Crippen molar-refractivity contribution in [1.29, 1.82) is 0 Å². The van der Waals surface area contributed by atoms with Gasteiger partial charge in [-0.05, 0) is 38.0 Å². The van der Waals surface area contributed by atoms with E-state index in [0.29, 0.717) is 6.61 Å². The molecule has 1 fully saturated rings. The van der Waals surface area contributed by atoms with Crippen molar-refractivity contribution in [3.63, 3.8) is 0 Å². The van der Waals surface area contributed by atoms with E-state index in [0.717, 1.165) is 18.3 Å². The zero-order chi connectivity index (χ0) is 14.5. The van der Waals surface area contributed by atoms with Crippen LogP contribution in [0.3, 0.4) is 0 Å². The fraction of sp³-hybridized carbons (Fsp3) is 1.00. The maximum absolute atomic E-state index is 9.24. The molecule has 1 rings (SSSR count). The van der Waals surface area contributed by atoms with Crippen LogP contribution in [-0.4, -0.2) is 41.5 Å². The molecule has 3 heteroatoms. The highest BCUT2D eigenvalue weighted by Crippen LogP contribution is 2.22.